The van der Waals surface area contributed by atoms with E-state index in [0.29, 0.717) is 5.82 Å². The Hall–Kier alpha value is -1.37. The first-order valence-electron chi connectivity index (χ1n) is 4.63. The number of methoxy groups -OCH3 is 2. The van der Waals surface area contributed by atoms with Gasteiger partial charge < -0.3 is 9.47 Å². The van der Waals surface area contributed by atoms with Crippen LogP contribution in [-0.2, 0) is 9.47 Å². The summed E-state index contributed by atoms with van der Waals surface area (Å²) in [6.07, 6.45) is 2.94. The van der Waals surface area contributed by atoms with Crippen molar-refractivity contribution in [1.29, 1.82) is 0 Å². The minimum atomic E-state index is -0.436. The fourth-order valence-electron chi connectivity index (χ4n) is 1.24. The zero-order valence-corrected chi connectivity index (χ0v) is 9.77. The van der Waals surface area contributed by atoms with Crippen LogP contribution < -0.4 is 0 Å². The SMILES string of the molecule is COC(OC)c1csc(-c2ncccn2)n1. The van der Waals surface area contributed by atoms with Gasteiger partial charge in [0.25, 0.3) is 0 Å². The van der Waals surface area contributed by atoms with Crippen LogP contribution in [0.1, 0.15) is 12.0 Å². The van der Waals surface area contributed by atoms with Gasteiger partial charge in [0.2, 0.25) is 6.29 Å². The second-order valence-electron chi connectivity index (χ2n) is 2.95. The molecule has 5 nitrogen and oxygen atoms in total. The molecule has 0 saturated heterocycles. The van der Waals surface area contributed by atoms with Crippen molar-refractivity contribution in [2.24, 2.45) is 0 Å². The molecule has 2 aromatic rings. The van der Waals surface area contributed by atoms with Gasteiger partial charge in [0, 0.05) is 32.0 Å². The van der Waals surface area contributed by atoms with Crippen molar-refractivity contribution in [3.8, 4) is 10.8 Å². The Labute approximate surface area is 97.1 Å². The molecule has 0 N–H and O–H groups in total. The lowest BCUT2D eigenvalue weighted by molar-refractivity contribution is -0.108. The molecular formula is C10H11N3O2S. The highest BCUT2D eigenvalue weighted by atomic mass is 32.1. The smallest absolute Gasteiger partial charge is 0.201 e. The van der Waals surface area contributed by atoms with E-state index in [0.717, 1.165) is 10.7 Å². The maximum Gasteiger partial charge on any atom is 0.201 e. The van der Waals surface area contributed by atoms with E-state index in [1.807, 2.05) is 5.38 Å². The maximum atomic E-state index is 5.12. The van der Waals surface area contributed by atoms with Crippen LogP contribution in [0.5, 0.6) is 0 Å². The fraction of sp³-hybridized carbons (Fsp3) is 0.300. The van der Waals surface area contributed by atoms with Gasteiger partial charge in [-0.15, -0.1) is 11.3 Å². The van der Waals surface area contributed by atoms with E-state index < -0.39 is 6.29 Å². The molecule has 0 aliphatic carbocycles. The number of rotatable bonds is 4. The van der Waals surface area contributed by atoms with Gasteiger partial charge in [-0.05, 0) is 6.07 Å². The molecule has 0 bridgehead atoms. The third kappa shape index (κ3) is 2.24. The second-order valence-corrected chi connectivity index (χ2v) is 3.81. The summed E-state index contributed by atoms with van der Waals surface area (Å²) < 4.78 is 10.2. The first-order chi connectivity index (χ1) is 7.85. The zero-order chi connectivity index (χ0) is 11.4. The Bertz CT molecular complexity index is 442. The van der Waals surface area contributed by atoms with Crippen LogP contribution in [0, 0.1) is 0 Å². The number of thiazole rings is 1. The van der Waals surface area contributed by atoms with E-state index >= 15 is 0 Å². The number of hydrogen-bond acceptors (Lipinski definition) is 6. The summed E-state index contributed by atoms with van der Waals surface area (Å²) in [6.45, 7) is 0. The molecule has 0 saturated carbocycles. The highest BCUT2D eigenvalue weighted by Crippen LogP contribution is 2.24. The van der Waals surface area contributed by atoms with Crippen molar-refractivity contribution < 1.29 is 9.47 Å². The molecule has 0 amide bonds. The largest absolute Gasteiger partial charge is 0.350 e. The molecular weight excluding hydrogens is 226 g/mol. The van der Waals surface area contributed by atoms with Crippen LogP contribution >= 0.6 is 11.3 Å². The minimum Gasteiger partial charge on any atom is -0.350 e. The van der Waals surface area contributed by atoms with Crippen LogP contribution in [0.2, 0.25) is 0 Å². The molecule has 2 heterocycles. The molecule has 2 aromatic heterocycles. The van der Waals surface area contributed by atoms with Gasteiger partial charge in [0.1, 0.15) is 5.69 Å². The molecule has 0 fully saturated rings. The monoisotopic (exact) mass is 237 g/mol. The summed E-state index contributed by atoms with van der Waals surface area (Å²) in [6, 6.07) is 1.77. The van der Waals surface area contributed by atoms with Gasteiger partial charge in [-0.1, -0.05) is 0 Å². The summed E-state index contributed by atoms with van der Waals surface area (Å²) >= 11 is 1.47. The molecule has 84 valence electrons. The summed E-state index contributed by atoms with van der Waals surface area (Å²) in [5.74, 6) is 0.615. The zero-order valence-electron chi connectivity index (χ0n) is 8.95. The van der Waals surface area contributed by atoms with Gasteiger partial charge in [-0.2, -0.15) is 0 Å². The maximum absolute atomic E-state index is 5.12. The lowest BCUT2D eigenvalue weighted by Gasteiger charge is -2.09. The van der Waals surface area contributed by atoms with Crippen LogP contribution in [0.15, 0.2) is 23.8 Å². The predicted molar refractivity (Wildman–Crippen MR) is 59.9 cm³/mol. The Morgan fingerprint density at radius 3 is 2.50 bits per heavy atom. The number of hydrogen-bond donors (Lipinski definition) is 0. The minimum absolute atomic E-state index is 0.436. The van der Waals surface area contributed by atoms with Crippen molar-refractivity contribution in [2.75, 3.05) is 14.2 Å². The lowest BCUT2D eigenvalue weighted by Crippen LogP contribution is -2.03. The Balaban J connectivity index is 2.26. The summed E-state index contributed by atoms with van der Waals surface area (Å²) in [5.41, 5.74) is 0.734. The van der Waals surface area contributed by atoms with E-state index in [4.69, 9.17) is 9.47 Å². The second kappa shape index (κ2) is 5.11. The number of aromatic nitrogens is 3. The van der Waals surface area contributed by atoms with Gasteiger partial charge in [-0.3, -0.25) is 0 Å². The molecule has 0 spiro atoms. The van der Waals surface area contributed by atoms with Crippen LogP contribution in [0.4, 0.5) is 0 Å². The van der Waals surface area contributed by atoms with Crippen molar-refractivity contribution >= 4 is 11.3 Å². The Kier molecular flexibility index (Phi) is 3.55. The number of nitrogens with zero attached hydrogens (tertiary/aromatic N) is 3. The van der Waals surface area contributed by atoms with Crippen LogP contribution in [0.25, 0.3) is 10.8 Å². The van der Waals surface area contributed by atoms with E-state index in [2.05, 4.69) is 15.0 Å². The van der Waals surface area contributed by atoms with Gasteiger partial charge in [0.05, 0.1) is 0 Å². The third-order valence-corrected chi connectivity index (χ3v) is 2.81. The van der Waals surface area contributed by atoms with E-state index in [9.17, 15) is 0 Å². The van der Waals surface area contributed by atoms with Crippen molar-refractivity contribution in [3.05, 3.63) is 29.5 Å². The van der Waals surface area contributed by atoms with E-state index in [-0.39, 0.29) is 0 Å². The summed E-state index contributed by atoms with van der Waals surface area (Å²) in [4.78, 5) is 12.6. The summed E-state index contributed by atoms with van der Waals surface area (Å²) in [7, 11) is 3.15. The highest BCUT2D eigenvalue weighted by Gasteiger charge is 2.14. The molecule has 0 unspecified atom stereocenters. The number of ether oxygens (including phenoxy) is 2. The van der Waals surface area contributed by atoms with Crippen molar-refractivity contribution in [1.82, 2.24) is 15.0 Å². The fourth-order valence-corrected chi connectivity index (χ4v) is 2.01. The van der Waals surface area contributed by atoms with Crippen molar-refractivity contribution in [2.45, 2.75) is 6.29 Å². The van der Waals surface area contributed by atoms with Gasteiger partial charge in [-0.25, -0.2) is 15.0 Å². The molecule has 2 rings (SSSR count). The molecule has 16 heavy (non-hydrogen) atoms. The predicted octanol–water partition coefficient (Wildman–Crippen LogP) is 1.89. The Morgan fingerprint density at radius 2 is 1.88 bits per heavy atom. The standard InChI is InChI=1S/C10H11N3O2S/c1-14-10(15-2)7-6-16-9(13-7)8-11-4-3-5-12-8/h3-6,10H,1-2H3. The summed E-state index contributed by atoms with van der Waals surface area (Å²) in [5, 5.41) is 2.64. The average molecular weight is 237 g/mol. The average Bonchev–Trinajstić information content (AvgIpc) is 2.81. The molecule has 0 atom stereocenters. The molecule has 0 aromatic carbocycles. The van der Waals surface area contributed by atoms with E-state index in [1.54, 1.807) is 32.7 Å². The van der Waals surface area contributed by atoms with Gasteiger partial charge in [0.15, 0.2) is 10.8 Å². The molecule has 0 aliphatic rings. The normalized spacial score (nSPS) is 10.9. The van der Waals surface area contributed by atoms with E-state index in [1.165, 1.54) is 11.3 Å². The quantitative estimate of drug-likeness (QED) is 0.760. The molecule has 0 aliphatic heterocycles. The first-order valence-corrected chi connectivity index (χ1v) is 5.51. The molecule has 0 radical (unpaired) electrons. The van der Waals surface area contributed by atoms with Gasteiger partial charge >= 0.3 is 0 Å². The van der Waals surface area contributed by atoms with Crippen LogP contribution in [0.3, 0.4) is 0 Å². The van der Waals surface area contributed by atoms with Crippen molar-refractivity contribution in [3.63, 3.8) is 0 Å². The van der Waals surface area contributed by atoms with Crippen LogP contribution in [-0.4, -0.2) is 29.2 Å². The molecule has 6 heteroatoms. The Morgan fingerprint density at radius 1 is 1.19 bits per heavy atom. The first kappa shape index (κ1) is 11.1. The lowest BCUT2D eigenvalue weighted by atomic mass is 10.4. The third-order valence-electron chi connectivity index (χ3n) is 1.95. The highest BCUT2D eigenvalue weighted by molar-refractivity contribution is 7.13. The topological polar surface area (TPSA) is 57.1 Å².